The average molecular weight is 292 g/mol. The van der Waals surface area contributed by atoms with Gasteiger partial charge in [0.05, 0.1) is 12.7 Å². The lowest BCUT2D eigenvalue weighted by molar-refractivity contribution is 0.102. The fourth-order valence-corrected chi connectivity index (χ4v) is 2.02. The molecule has 104 valence electrons. The lowest BCUT2D eigenvalue weighted by Gasteiger charge is -2.10. The van der Waals surface area contributed by atoms with Crippen molar-refractivity contribution in [1.82, 2.24) is 0 Å². The SMILES string of the molecule is COc1ccc(NC(=O)c2ccc(Cl)cc2O)cc1C. The van der Waals surface area contributed by atoms with Gasteiger partial charge in [0.2, 0.25) is 0 Å². The number of anilines is 1. The summed E-state index contributed by atoms with van der Waals surface area (Å²) in [6.45, 7) is 1.88. The van der Waals surface area contributed by atoms with E-state index in [9.17, 15) is 9.90 Å². The van der Waals surface area contributed by atoms with Crippen LogP contribution < -0.4 is 10.1 Å². The van der Waals surface area contributed by atoms with Gasteiger partial charge in [0.25, 0.3) is 5.91 Å². The van der Waals surface area contributed by atoms with Crippen LogP contribution in [-0.2, 0) is 0 Å². The molecule has 1 amide bonds. The number of nitrogens with one attached hydrogen (secondary N) is 1. The first-order chi connectivity index (χ1) is 9.51. The van der Waals surface area contributed by atoms with Gasteiger partial charge in [0.15, 0.2) is 0 Å². The Bertz CT molecular complexity index is 656. The van der Waals surface area contributed by atoms with E-state index in [1.54, 1.807) is 31.4 Å². The zero-order valence-corrected chi connectivity index (χ0v) is 11.9. The molecule has 0 aliphatic heterocycles. The summed E-state index contributed by atoms with van der Waals surface area (Å²) >= 11 is 5.73. The maximum Gasteiger partial charge on any atom is 0.259 e. The van der Waals surface area contributed by atoms with E-state index in [0.717, 1.165) is 11.3 Å². The molecule has 0 aromatic heterocycles. The number of halogens is 1. The molecule has 0 radical (unpaired) electrons. The number of aryl methyl sites for hydroxylation is 1. The number of amides is 1. The molecule has 0 aliphatic rings. The Morgan fingerprint density at radius 2 is 2.00 bits per heavy atom. The van der Waals surface area contributed by atoms with Gasteiger partial charge < -0.3 is 15.2 Å². The summed E-state index contributed by atoms with van der Waals surface area (Å²) in [6.07, 6.45) is 0. The van der Waals surface area contributed by atoms with Crippen LogP contribution in [0.1, 0.15) is 15.9 Å². The number of methoxy groups -OCH3 is 1. The lowest BCUT2D eigenvalue weighted by atomic mass is 10.1. The van der Waals surface area contributed by atoms with Crippen molar-refractivity contribution >= 4 is 23.2 Å². The quantitative estimate of drug-likeness (QED) is 0.908. The van der Waals surface area contributed by atoms with E-state index in [-0.39, 0.29) is 11.3 Å². The Kier molecular flexibility index (Phi) is 4.15. The molecule has 0 fully saturated rings. The van der Waals surface area contributed by atoms with Crippen molar-refractivity contribution in [1.29, 1.82) is 0 Å². The Hall–Kier alpha value is -2.20. The molecule has 0 heterocycles. The van der Waals surface area contributed by atoms with E-state index in [4.69, 9.17) is 16.3 Å². The van der Waals surface area contributed by atoms with Crippen LogP contribution in [0.25, 0.3) is 0 Å². The van der Waals surface area contributed by atoms with Crippen LogP contribution >= 0.6 is 11.6 Å². The van der Waals surface area contributed by atoms with E-state index in [1.807, 2.05) is 6.92 Å². The van der Waals surface area contributed by atoms with E-state index in [2.05, 4.69) is 5.32 Å². The molecule has 0 atom stereocenters. The van der Waals surface area contributed by atoms with Gasteiger partial charge in [0, 0.05) is 10.7 Å². The molecule has 20 heavy (non-hydrogen) atoms. The fraction of sp³-hybridized carbons (Fsp3) is 0.133. The van der Waals surface area contributed by atoms with Crippen molar-refractivity contribution < 1.29 is 14.6 Å². The number of carbonyl (C=O) groups is 1. The molecule has 0 aliphatic carbocycles. The molecular formula is C15H14ClNO3. The van der Waals surface area contributed by atoms with Crippen molar-refractivity contribution in [3.8, 4) is 11.5 Å². The minimum atomic E-state index is -0.399. The van der Waals surface area contributed by atoms with E-state index >= 15 is 0 Å². The minimum Gasteiger partial charge on any atom is -0.507 e. The van der Waals surface area contributed by atoms with Crippen LogP contribution in [0.2, 0.25) is 5.02 Å². The first kappa shape index (κ1) is 14.2. The zero-order chi connectivity index (χ0) is 14.7. The van der Waals surface area contributed by atoms with Crippen LogP contribution in [0.5, 0.6) is 11.5 Å². The molecule has 0 unspecified atom stereocenters. The first-order valence-corrected chi connectivity index (χ1v) is 6.33. The summed E-state index contributed by atoms with van der Waals surface area (Å²) in [4.78, 5) is 12.1. The van der Waals surface area contributed by atoms with Gasteiger partial charge in [-0.05, 0) is 48.9 Å². The third-order valence-electron chi connectivity index (χ3n) is 2.86. The number of rotatable bonds is 3. The largest absolute Gasteiger partial charge is 0.507 e. The summed E-state index contributed by atoms with van der Waals surface area (Å²) in [6, 6.07) is 9.65. The van der Waals surface area contributed by atoms with Crippen molar-refractivity contribution in [2.75, 3.05) is 12.4 Å². The number of hydrogen-bond donors (Lipinski definition) is 2. The van der Waals surface area contributed by atoms with Crippen molar-refractivity contribution in [2.45, 2.75) is 6.92 Å². The van der Waals surface area contributed by atoms with Crippen molar-refractivity contribution in [3.05, 3.63) is 52.5 Å². The third-order valence-corrected chi connectivity index (χ3v) is 3.09. The standard InChI is InChI=1S/C15H14ClNO3/c1-9-7-11(4-6-14(9)20-2)17-15(19)12-5-3-10(16)8-13(12)18/h3-8,18H,1-2H3,(H,17,19). The Morgan fingerprint density at radius 3 is 2.60 bits per heavy atom. The molecule has 2 aromatic carbocycles. The summed E-state index contributed by atoms with van der Waals surface area (Å²) in [5.74, 6) is 0.196. The Morgan fingerprint density at radius 1 is 1.25 bits per heavy atom. The zero-order valence-electron chi connectivity index (χ0n) is 11.1. The van der Waals surface area contributed by atoms with Crippen LogP contribution in [0.3, 0.4) is 0 Å². The van der Waals surface area contributed by atoms with Crippen LogP contribution in [0, 0.1) is 6.92 Å². The predicted molar refractivity (Wildman–Crippen MR) is 78.8 cm³/mol. The maximum atomic E-state index is 12.1. The number of phenols is 1. The molecule has 0 spiro atoms. The lowest BCUT2D eigenvalue weighted by Crippen LogP contribution is -2.12. The minimum absolute atomic E-state index is 0.153. The van der Waals surface area contributed by atoms with E-state index < -0.39 is 5.91 Å². The topological polar surface area (TPSA) is 58.6 Å². The van der Waals surface area contributed by atoms with Gasteiger partial charge in [-0.15, -0.1) is 0 Å². The number of phenolic OH excluding ortho intramolecular Hbond substituents is 1. The molecule has 0 saturated carbocycles. The highest BCUT2D eigenvalue weighted by Crippen LogP contribution is 2.25. The predicted octanol–water partition coefficient (Wildman–Crippen LogP) is 3.61. The maximum absolute atomic E-state index is 12.1. The summed E-state index contributed by atoms with van der Waals surface area (Å²) in [5.41, 5.74) is 1.70. The Balaban J connectivity index is 2.21. The first-order valence-electron chi connectivity index (χ1n) is 5.96. The fourth-order valence-electron chi connectivity index (χ4n) is 1.85. The molecule has 5 heteroatoms. The van der Waals surface area contributed by atoms with E-state index in [0.29, 0.717) is 10.7 Å². The summed E-state index contributed by atoms with van der Waals surface area (Å²) in [5, 5.41) is 12.8. The molecule has 0 saturated heterocycles. The molecule has 4 nitrogen and oxygen atoms in total. The van der Waals surface area contributed by atoms with E-state index in [1.165, 1.54) is 12.1 Å². The number of benzene rings is 2. The van der Waals surface area contributed by atoms with Crippen LogP contribution in [-0.4, -0.2) is 18.1 Å². The highest BCUT2D eigenvalue weighted by Gasteiger charge is 2.12. The molecule has 2 rings (SSSR count). The second-order valence-electron chi connectivity index (χ2n) is 4.30. The van der Waals surface area contributed by atoms with Gasteiger partial charge in [0.1, 0.15) is 11.5 Å². The van der Waals surface area contributed by atoms with Gasteiger partial charge in [-0.3, -0.25) is 4.79 Å². The monoisotopic (exact) mass is 291 g/mol. The summed E-state index contributed by atoms with van der Waals surface area (Å²) < 4.78 is 5.15. The highest BCUT2D eigenvalue weighted by atomic mass is 35.5. The van der Waals surface area contributed by atoms with Crippen LogP contribution in [0.4, 0.5) is 5.69 Å². The number of aromatic hydroxyl groups is 1. The molecule has 0 bridgehead atoms. The Labute approximate surface area is 122 Å². The molecule has 2 aromatic rings. The van der Waals surface area contributed by atoms with Crippen molar-refractivity contribution in [3.63, 3.8) is 0 Å². The second kappa shape index (κ2) is 5.84. The number of ether oxygens (including phenoxy) is 1. The number of carbonyl (C=O) groups excluding carboxylic acids is 1. The number of hydrogen-bond acceptors (Lipinski definition) is 3. The van der Waals surface area contributed by atoms with Gasteiger partial charge >= 0.3 is 0 Å². The molecule has 2 N–H and O–H groups in total. The summed E-state index contributed by atoms with van der Waals surface area (Å²) in [7, 11) is 1.59. The normalized spacial score (nSPS) is 10.2. The third kappa shape index (κ3) is 3.03. The van der Waals surface area contributed by atoms with Crippen LogP contribution in [0.15, 0.2) is 36.4 Å². The molecular weight excluding hydrogens is 278 g/mol. The van der Waals surface area contributed by atoms with Gasteiger partial charge in [-0.25, -0.2) is 0 Å². The van der Waals surface area contributed by atoms with Gasteiger partial charge in [-0.2, -0.15) is 0 Å². The van der Waals surface area contributed by atoms with Gasteiger partial charge in [-0.1, -0.05) is 11.6 Å². The smallest absolute Gasteiger partial charge is 0.259 e. The highest BCUT2D eigenvalue weighted by molar-refractivity contribution is 6.30. The average Bonchev–Trinajstić information content (AvgIpc) is 2.38. The second-order valence-corrected chi connectivity index (χ2v) is 4.74. The van der Waals surface area contributed by atoms with Crippen molar-refractivity contribution in [2.24, 2.45) is 0 Å².